The minimum absolute atomic E-state index is 0.231. The van der Waals surface area contributed by atoms with Crippen molar-refractivity contribution < 1.29 is 34.8 Å². The fraction of sp³-hybridized carbons (Fsp3) is 0.235. The summed E-state index contributed by atoms with van der Waals surface area (Å²) in [6, 6.07) is 3.81. The van der Waals surface area contributed by atoms with Crippen LogP contribution in [0.5, 0.6) is 0 Å². The molecule has 0 aliphatic carbocycles. The monoisotopic (exact) mass is 463 g/mol. The van der Waals surface area contributed by atoms with Gasteiger partial charge in [-0.2, -0.15) is 26.3 Å². The fourth-order valence-corrected chi connectivity index (χ4v) is 4.38. The van der Waals surface area contributed by atoms with Crippen LogP contribution in [0.4, 0.5) is 26.3 Å². The molecule has 0 fully saturated rings. The molecule has 0 amide bonds. The first-order chi connectivity index (χ1) is 14.4. The number of imidazole rings is 2. The molecule has 31 heavy (non-hydrogen) atoms. The van der Waals surface area contributed by atoms with Crippen molar-refractivity contribution in [3.05, 3.63) is 48.2 Å². The summed E-state index contributed by atoms with van der Waals surface area (Å²) in [6.45, 7) is 1.16. The number of sulfone groups is 1. The maximum Gasteiger partial charge on any atom is 0.434 e. The molecule has 4 aromatic heterocycles. The highest BCUT2D eigenvalue weighted by atomic mass is 32.2. The zero-order chi connectivity index (χ0) is 22.8. The average Bonchev–Trinajstić information content (AvgIpc) is 3.25. The lowest BCUT2D eigenvalue weighted by molar-refractivity contribution is -0.143. The van der Waals surface area contributed by atoms with Crippen LogP contribution in [0.2, 0.25) is 0 Å². The van der Waals surface area contributed by atoms with Gasteiger partial charge in [0.2, 0.25) is 0 Å². The fourth-order valence-electron chi connectivity index (χ4n) is 3.20. The Morgan fingerprint density at radius 1 is 0.935 bits per heavy atom. The summed E-state index contributed by atoms with van der Waals surface area (Å²) in [4.78, 5) is 11.3. The van der Waals surface area contributed by atoms with E-state index < -0.39 is 61.4 Å². The van der Waals surface area contributed by atoms with Crippen molar-refractivity contribution in [1.82, 2.24) is 23.8 Å². The number of halogens is 6. The molecule has 0 aliphatic rings. The number of hydrogen-bond donors (Lipinski definition) is 0. The summed E-state index contributed by atoms with van der Waals surface area (Å²) in [5, 5.41) is -1.01. The summed E-state index contributed by atoms with van der Waals surface area (Å²) in [6.07, 6.45) is -8.04. The number of rotatable bonds is 3. The highest BCUT2D eigenvalue weighted by Crippen LogP contribution is 2.41. The molecule has 0 atom stereocenters. The van der Waals surface area contributed by atoms with Crippen molar-refractivity contribution in [2.45, 2.75) is 24.3 Å². The molecule has 0 saturated heterocycles. The maximum atomic E-state index is 13.9. The Kier molecular flexibility index (Phi) is 4.54. The van der Waals surface area contributed by atoms with E-state index in [2.05, 4.69) is 15.0 Å². The molecule has 7 nitrogen and oxygen atoms in total. The standard InChI is InChI=1S/C17H11F6N5O2S/c1-2-31(29,30)15-13(26-11-5-3-4-9(28(11)15)16(18,19)20)12-14(17(21,22)23)27-8-24-7-6-10(27)25-12/h3-8H,2H2,1H3. The Morgan fingerprint density at radius 3 is 2.23 bits per heavy atom. The van der Waals surface area contributed by atoms with Crippen LogP contribution < -0.4 is 0 Å². The number of hydrogen-bond acceptors (Lipinski definition) is 5. The van der Waals surface area contributed by atoms with Crippen LogP contribution in [0.1, 0.15) is 18.3 Å². The normalized spacial score (nSPS) is 13.4. The minimum Gasteiger partial charge on any atom is -0.278 e. The lowest BCUT2D eigenvalue weighted by Gasteiger charge is -2.12. The molecule has 0 spiro atoms. The smallest absolute Gasteiger partial charge is 0.278 e. The van der Waals surface area contributed by atoms with Gasteiger partial charge in [-0.25, -0.2) is 23.4 Å². The SMILES string of the molecule is CCS(=O)(=O)c1c(-c2nc3ccncn3c2C(F)(F)F)nc2cccc(C(F)(F)F)n12. The first-order valence-electron chi connectivity index (χ1n) is 8.57. The zero-order valence-corrected chi connectivity index (χ0v) is 16.2. The molecule has 0 N–H and O–H groups in total. The van der Waals surface area contributed by atoms with E-state index in [1.54, 1.807) is 0 Å². The van der Waals surface area contributed by atoms with E-state index in [1.165, 1.54) is 6.20 Å². The Morgan fingerprint density at radius 2 is 1.61 bits per heavy atom. The van der Waals surface area contributed by atoms with Crippen LogP contribution >= 0.6 is 0 Å². The van der Waals surface area contributed by atoms with Crippen LogP contribution in [0.3, 0.4) is 0 Å². The van der Waals surface area contributed by atoms with Crippen molar-refractivity contribution >= 4 is 21.1 Å². The van der Waals surface area contributed by atoms with Crippen LogP contribution in [0.25, 0.3) is 22.7 Å². The van der Waals surface area contributed by atoms with Gasteiger partial charge in [0.05, 0.1) is 5.75 Å². The van der Waals surface area contributed by atoms with Crippen molar-refractivity contribution in [2.75, 3.05) is 5.75 Å². The Balaban J connectivity index is 2.23. The molecular formula is C17H11F6N5O2S. The molecule has 0 aliphatic heterocycles. The van der Waals surface area contributed by atoms with Crippen molar-refractivity contribution in [3.63, 3.8) is 0 Å². The molecule has 4 heterocycles. The van der Waals surface area contributed by atoms with E-state index in [9.17, 15) is 34.8 Å². The Bertz CT molecular complexity index is 1420. The topological polar surface area (TPSA) is 81.6 Å². The van der Waals surface area contributed by atoms with Gasteiger partial charge in [-0.15, -0.1) is 0 Å². The number of fused-ring (bicyclic) bond motifs is 2. The van der Waals surface area contributed by atoms with Gasteiger partial charge in [0, 0.05) is 6.20 Å². The number of pyridine rings is 1. The molecule has 164 valence electrons. The highest BCUT2D eigenvalue weighted by molar-refractivity contribution is 7.91. The third kappa shape index (κ3) is 3.30. The third-order valence-corrected chi connectivity index (χ3v) is 6.21. The molecule has 0 unspecified atom stereocenters. The maximum absolute atomic E-state index is 13.9. The van der Waals surface area contributed by atoms with Crippen LogP contribution in [0.15, 0.2) is 41.8 Å². The van der Waals surface area contributed by atoms with E-state index >= 15 is 0 Å². The van der Waals surface area contributed by atoms with Crippen molar-refractivity contribution in [1.29, 1.82) is 0 Å². The van der Waals surface area contributed by atoms with E-state index in [4.69, 9.17) is 0 Å². The van der Waals surface area contributed by atoms with Crippen LogP contribution in [0, 0.1) is 0 Å². The summed E-state index contributed by atoms with van der Waals surface area (Å²) < 4.78 is 109. The summed E-state index contributed by atoms with van der Waals surface area (Å²) in [7, 11) is -4.47. The summed E-state index contributed by atoms with van der Waals surface area (Å²) >= 11 is 0. The van der Waals surface area contributed by atoms with Gasteiger partial charge in [0.1, 0.15) is 34.7 Å². The Labute approximate surface area is 169 Å². The van der Waals surface area contributed by atoms with Gasteiger partial charge in [-0.1, -0.05) is 13.0 Å². The van der Waals surface area contributed by atoms with E-state index in [1.807, 2.05) is 0 Å². The van der Waals surface area contributed by atoms with Gasteiger partial charge in [0.25, 0.3) is 0 Å². The van der Waals surface area contributed by atoms with E-state index in [0.29, 0.717) is 14.9 Å². The van der Waals surface area contributed by atoms with Gasteiger partial charge in [0.15, 0.2) is 20.6 Å². The third-order valence-electron chi connectivity index (χ3n) is 4.49. The first-order valence-corrected chi connectivity index (χ1v) is 10.2. The number of nitrogens with zero attached hydrogens (tertiary/aromatic N) is 5. The van der Waals surface area contributed by atoms with Gasteiger partial charge < -0.3 is 0 Å². The second-order valence-electron chi connectivity index (χ2n) is 6.39. The molecule has 4 rings (SSSR count). The molecule has 0 radical (unpaired) electrons. The lowest BCUT2D eigenvalue weighted by Crippen LogP contribution is -2.17. The second-order valence-corrected chi connectivity index (χ2v) is 8.58. The average molecular weight is 463 g/mol. The van der Waals surface area contributed by atoms with E-state index in [-0.39, 0.29) is 5.65 Å². The molecule has 4 aromatic rings. The first kappa shape index (κ1) is 21.1. The van der Waals surface area contributed by atoms with E-state index in [0.717, 1.165) is 31.5 Å². The number of alkyl halides is 6. The second kappa shape index (κ2) is 6.67. The van der Waals surface area contributed by atoms with Crippen LogP contribution in [-0.4, -0.2) is 37.9 Å². The van der Waals surface area contributed by atoms with Gasteiger partial charge in [-0.3, -0.25) is 8.80 Å². The quantitative estimate of drug-likeness (QED) is 0.431. The minimum atomic E-state index is -5.03. The number of aromatic nitrogens is 5. The lowest BCUT2D eigenvalue weighted by atomic mass is 10.2. The molecule has 0 saturated carbocycles. The van der Waals surface area contributed by atoms with Crippen LogP contribution in [-0.2, 0) is 22.2 Å². The van der Waals surface area contributed by atoms with Crippen molar-refractivity contribution in [3.8, 4) is 11.4 Å². The molecule has 0 aromatic carbocycles. The largest absolute Gasteiger partial charge is 0.434 e. The van der Waals surface area contributed by atoms with Gasteiger partial charge in [-0.05, 0) is 18.2 Å². The predicted molar refractivity (Wildman–Crippen MR) is 94.9 cm³/mol. The van der Waals surface area contributed by atoms with Crippen molar-refractivity contribution in [2.24, 2.45) is 0 Å². The molecule has 0 bridgehead atoms. The molecule has 14 heteroatoms. The molecular weight excluding hydrogens is 452 g/mol. The Hall–Kier alpha value is -3.16. The highest BCUT2D eigenvalue weighted by Gasteiger charge is 2.43. The summed E-state index contributed by atoms with van der Waals surface area (Å²) in [5.74, 6) is -0.670. The van der Waals surface area contributed by atoms with Gasteiger partial charge >= 0.3 is 12.4 Å². The predicted octanol–water partition coefficient (Wildman–Crippen LogP) is 3.88. The zero-order valence-electron chi connectivity index (χ0n) is 15.4. The summed E-state index contributed by atoms with van der Waals surface area (Å²) in [5.41, 5.74) is -5.25.